The van der Waals surface area contributed by atoms with E-state index in [1.54, 1.807) is 11.8 Å². The van der Waals surface area contributed by atoms with Crippen molar-refractivity contribution >= 4 is 39.4 Å². The predicted molar refractivity (Wildman–Crippen MR) is 53.2 cm³/mol. The molecule has 0 atom stereocenters. The Hall–Kier alpha value is 0.390. The van der Waals surface area contributed by atoms with Gasteiger partial charge in [-0.1, -0.05) is 13.3 Å². The zero-order valence-corrected chi connectivity index (χ0v) is 9.43. The minimum Gasteiger partial charge on any atom is -0.165 e. The Morgan fingerprint density at radius 2 is 2.36 bits per heavy atom. The molecule has 62 valence electrons. The van der Waals surface area contributed by atoms with Crippen LogP contribution < -0.4 is 0 Å². The summed E-state index contributed by atoms with van der Waals surface area (Å²) in [6.45, 7) is 2.19. The summed E-state index contributed by atoms with van der Waals surface area (Å²) in [4.78, 5) is 0. The number of aromatic nitrogens is 2. The van der Waals surface area contributed by atoms with E-state index < -0.39 is 0 Å². The third kappa shape index (κ3) is 3.09. The van der Waals surface area contributed by atoms with Gasteiger partial charge in [-0.25, -0.2) is 0 Å². The van der Waals surface area contributed by atoms with Gasteiger partial charge in [0, 0.05) is 0 Å². The van der Waals surface area contributed by atoms with Gasteiger partial charge in [0.2, 0.25) is 0 Å². The lowest BCUT2D eigenvalue weighted by Gasteiger charge is -1.93. The van der Waals surface area contributed by atoms with Crippen molar-refractivity contribution in [3.63, 3.8) is 0 Å². The van der Waals surface area contributed by atoms with Crippen LogP contribution in [0.15, 0.2) is 9.63 Å². The Kier molecular flexibility index (Phi) is 4.40. The van der Waals surface area contributed by atoms with Crippen LogP contribution in [0.4, 0.5) is 0 Å². The van der Waals surface area contributed by atoms with E-state index >= 15 is 0 Å². The second-order valence-electron chi connectivity index (χ2n) is 2.06. The van der Waals surface area contributed by atoms with Crippen LogP contribution in [0.5, 0.6) is 0 Å². The highest BCUT2D eigenvalue weighted by Gasteiger charge is 2.03. The van der Waals surface area contributed by atoms with Gasteiger partial charge in [-0.05, 0) is 28.1 Å². The van der Waals surface area contributed by atoms with Crippen LogP contribution in [0.1, 0.15) is 19.8 Å². The first kappa shape index (κ1) is 9.48. The molecule has 1 rings (SSSR count). The van der Waals surface area contributed by atoms with Gasteiger partial charge in [-0.2, -0.15) is 8.75 Å². The Labute approximate surface area is 83.2 Å². The normalized spacial score (nSPS) is 10.4. The minimum absolute atomic E-state index is 0.892. The molecule has 0 unspecified atom stereocenters. The van der Waals surface area contributed by atoms with Gasteiger partial charge in [0.1, 0.15) is 5.03 Å². The molecule has 11 heavy (non-hydrogen) atoms. The second kappa shape index (κ2) is 5.11. The number of hydrogen-bond donors (Lipinski definition) is 0. The molecule has 0 aliphatic carbocycles. The molecule has 2 nitrogen and oxygen atoms in total. The molecule has 0 spiro atoms. The molecule has 0 amide bonds. The highest BCUT2D eigenvalue weighted by Crippen LogP contribution is 2.25. The third-order valence-corrected chi connectivity index (χ3v) is 3.90. The first-order valence-corrected chi connectivity index (χ1v) is 5.96. The maximum absolute atomic E-state index is 4.13. The van der Waals surface area contributed by atoms with Crippen LogP contribution in [0.3, 0.4) is 0 Å². The molecule has 0 aliphatic heterocycles. The molecular weight excluding hydrogens is 244 g/mol. The van der Waals surface area contributed by atoms with E-state index in [-0.39, 0.29) is 0 Å². The van der Waals surface area contributed by atoms with Gasteiger partial charge < -0.3 is 0 Å². The van der Waals surface area contributed by atoms with Gasteiger partial charge in [0.15, 0.2) is 4.60 Å². The highest BCUT2D eigenvalue weighted by molar-refractivity contribution is 9.10. The zero-order chi connectivity index (χ0) is 8.10. The molecule has 0 saturated carbocycles. The monoisotopic (exact) mass is 252 g/mol. The zero-order valence-electron chi connectivity index (χ0n) is 6.21. The summed E-state index contributed by atoms with van der Waals surface area (Å²) >= 11 is 6.36. The number of nitrogens with zero attached hydrogens (tertiary/aromatic N) is 2. The van der Waals surface area contributed by atoms with Crippen molar-refractivity contribution in [3.05, 3.63) is 4.60 Å². The van der Waals surface area contributed by atoms with Crippen LogP contribution in [0.2, 0.25) is 0 Å². The minimum atomic E-state index is 0.892. The molecule has 0 N–H and O–H groups in total. The van der Waals surface area contributed by atoms with Crippen molar-refractivity contribution in [2.75, 3.05) is 5.75 Å². The van der Waals surface area contributed by atoms with Crippen LogP contribution in [0.25, 0.3) is 0 Å². The topological polar surface area (TPSA) is 25.8 Å². The van der Waals surface area contributed by atoms with E-state index in [0.717, 1.165) is 15.4 Å². The number of rotatable bonds is 4. The predicted octanol–water partition coefficient (Wildman–Crippen LogP) is 3.19. The molecule has 5 heteroatoms. The molecule has 0 saturated heterocycles. The van der Waals surface area contributed by atoms with Crippen LogP contribution >= 0.6 is 39.4 Å². The van der Waals surface area contributed by atoms with E-state index in [1.165, 1.54) is 24.6 Å². The average Bonchev–Trinajstić information content (AvgIpc) is 2.37. The standard InChI is InChI=1S/C6H9BrN2S2/c1-2-3-4-10-6-5(7)8-11-9-6/h2-4H2,1H3. The van der Waals surface area contributed by atoms with Crippen molar-refractivity contribution in [2.24, 2.45) is 0 Å². The lowest BCUT2D eigenvalue weighted by atomic mass is 10.4. The first-order valence-electron chi connectivity index (χ1n) is 3.45. The Bertz CT molecular complexity index is 214. The lowest BCUT2D eigenvalue weighted by Crippen LogP contribution is -1.78. The molecule has 0 aliphatic rings. The van der Waals surface area contributed by atoms with Crippen molar-refractivity contribution in [3.8, 4) is 0 Å². The lowest BCUT2D eigenvalue weighted by molar-refractivity contribution is 0.895. The molecule has 0 bridgehead atoms. The maximum Gasteiger partial charge on any atom is 0.153 e. The highest BCUT2D eigenvalue weighted by atomic mass is 79.9. The van der Waals surface area contributed by atoms with Crippen molar-refractivity contribution in [2.45, 2.75) is 24.8 Å². The molecule has 1 aromatic heterocycles. The van der Waals surface area contributed by atoms with Gasteiger partial charge in [0.25, 0.3) is 0 Å². The fourth-order valence-corrected chi connectivity index (χ4v) is 2.83. The largest absolute Gasteiger partial charge is 0.165 e. The molecule has 0 aromatic carbocycles. The van der Waals surface area contributed by atoms with Gasteiger partial charge in [0.05, 0.1) is 11.7 Å². The molecule has 1 aromatic rings. The van der Waals surface area contributed by atoms with E-state index in [4.69, 9.17) is 0 Å². The Balaban J connectivity index is 2.32. The van der Waals surface area contributed by atoms with Crippen LogP contribution in [-0.4, -0.2) is 14.5 Å². The Morgan fingerprint density at radius 3 is 2.91 bits per heavy atom. The molecule has 1 heterocycles. The van der Waals surface area contributed by atoms with E-state index in [2.05, 4.69) is 31.6 Å². The van der Waals surface area contributed by atoms with Gasteiger partial charge >= 0.3 is 0 Å². The van der Waals surface area contributed by atoms with Crippen molar-refractivity contribution in [1.29, 1.82) is 0 Å². The number of unbranched alkanes of at least 4 members (excludes halogenated alkanes) is 1. The number of thioether (sulfide) groups is 1. The third-order valence-electron chi connectivity index (χ3n) is 1.16. The maximum atomic E-state index is 4.13. The molecule has 0 radical (unpaired) electrons. The van der Waals surface area contributed by atoms with Crippen LogP contribution in [-0.2, 0) is 0 Å². The summed E-state index contributed by atoms with van der Waals surface area (Å²) in [5.41, 5.74) is 0. The van der Waals surface area contributed by atoms with E-state index in [1.807, 2.05) is 0 Å². The summed E-state index contributed by atoms with van der Waals surface area (Å²) in [5.74, 6) is 1.14. The van der Waals surface area contributed by atoms with Crippen molar-refractivity contribution in [1.82, 2.24) is 8.75 Å². The van der Waals surface area contributed by atoms with Crippen molar-refractivity contribution < 1.29 is 0 Å². The summed E-state index contributed by atoms with van der Waals surface area (Å²) in [6, 6.07) is 0. The first-order chi connectivity index (χ1) is 5.34. The van der Waals surface area contributed by atoms with Gasteiger partial charge in [-0.15, -0.1) is 11.8 Å². The fourth-order valence-electron chi connectivity index (χ4n) is 0.569. The SMILES string of the molecule is CCCCSc1nsnc1Br. The Morgan fingerprint density at radius 1 is 1.55 bits per heavy atom. The summed E-state index contributed by atoms with van der Waals surface area (Å²) in [6.07, 6.45) is 2.48. The quantitative estimate of drug-likeness (QED) is 0.608. The fraction of sp³-hybridized carbons (Fsp3) is 0.667. The van der Waals surface area contributed by atoms with Gasteiger partial charge in [-0.3, -0.25) is 0 Å². The summed E-state index contributed by atoms with van der Waals surface area (Å²) < 4.78 is 9.05. The molecule has 0 fully saturated rings. The number of hydrogen-bond acceptors (Lipinski definition) is 4. The van der Waals surface area contributed by atoms with Crippen LogP contribution in [0, 0.1) is 0 Å². The summed E-state index contributed by atoms with van der Waals surface area (Å²) in [5, 5.41) is 1.03. The van der Waals surface area contributed by atoms with E-state index in [9.17, 15) is 0 Å². The molecular formula is C6H9BrN2S2. The average molecular weight is 253 g/mol. The van der Waals surface area contributed by atoms with E-state index in [0.29, 0.717) is 0 Å². The second-order valence-corrected chi connectivity index (χ2v) is 4.43. The summed E-state index contributed by atoms with van der Waals surface area (Å²) in [7, 11) is 0. The number of halogens is 1. The smallest absolute Gasteiger partial charge is 0.153 e.